The highest BCUT2D eigenvalue weighted by atomic mass is 33.1. The number of methoxy groups -OCH3 is 2. The summed E-state index contributed by atoms with van der Waals surface area (Å²) in [7, 11) is 6.25. The summed E-state index contributed by atoms with van der Waals surface area (Å²) < 4.78 is 10.3. The first kappa shape index (κ1) is 25.2. The Morgan fingerprint density at radius 1 is 0.611 bits per heavy atom. The Morgan fingerprint density at radius 2 is 1.03 bits per heavy atom. The van der Waals surface area contributed by atoms with Gasteiger partial charge >= 0.3 is 0 Å². The maximum atomic E-state index is 10.2. The van der Waals surface area contributed by atoms with Crippen molar-refractivity contribution < 1.29 is 19.7 Å². The lowest BCUT2D eigenvalue weighted by molar-refractivity contribution is 0.407. The highest BCUT2D eigenvalue weighted by Gasteiger charge is 2.08. The van der Waals surface area contributed by atoms with E-state index in [2.05, 4.69) is 9.98 Å². The van der Waals surface area contributed by atoms with Crippen LogP contribution in [-0.4, -0.2) is 36.9 Å². The lowest BCUT2D eigenvalue weighted by Gasteiger charge is -2.07. The van der Waals surface area contributed by atoms with Crippen LogP contribution in [0.3, 0.4) is 0 Å². The summed E-state index contributed by atoms with van der Waals surface area (Å²) in [6, 6.07) is 25.8. The van der Waals surface area contributed by atoms with Crippen molar-refractivity contribution in [2.24, 2.45) is 9.98 Å². The largest absolute Gasteiger partial charge is 0.507 e. The van der Waals surface area contributed by atoms with Crippen LogP contribution in [0.25, 0.3) is 0 Å². The quantitative estimate of drug-likeness (QED) is 0.178. The standard InChI is InChI=1S/C28H24N2O4S2/c1-33-21-13-11-19(25(31)15-21)17-29-23-7-3-5-9-27(23)35-36-28-10-6-4-8-24(28)30-18-20-12-14-22(34-2)16-26(20)32/h3-18,31-32H,1-2H3. The number of nitrogens with zero attached hydrogens (tertiary/aromatic N) is 2. The summed E-state index contributed by atoms with van der Waals surface area (Å²) in [5, 5.41) is 20.4. The number of phenols is 2. The van der Waals surface area contributed by atoms with Gasteiger partial charge in [-0.2, -0.15) is 0 Å². The van der Waals surface area contributed by atoms with E-state index in [4.69, 9.17) is 9.47 Å². The van der Waals surface area contributed by atoms with Gasteiger partial charge in [0, 0.05) is 45.5 Å². The molecule has 0 radical (unpaired) electrons. The van der Waals surface area contributed by atoms with Gasteiger partial charge in [0.15, 0.2) is 0 Å². The zero-order valence-electron chi connectivity index (χ0n) is 19.7. The first-order valence-corrected chi connectivity index (χ1v) is 13.1. The molecule has 0 atom stereocenters. The summed E-state index contributed by atoms with van der Waals surface area (Å²) >= 11 is 0. The molecule has 0 aliphatic carbocycles. The van der Waals surface area contributed by atoms with E-state index < -0.39 is 0 Å². The molecule has 4 aromatic rings. The topological polar surface area (TPSA) is 83.6 Å². The van der Waals surface area contributed by atoms with Crippen LogP contribution in [-0.2, 0) is 0 Å². The van der Waals surface area contributed by atoms with E-state index in [-0.39, 0.29) is 11.5 Å². The van der Waals surface area contributed by atoms with E-state index in [9.17, 15) is 10.2 Å². The average molecular weight is 517 g/mol. The molecule has 2 N–H and O–H groups in total. The molecule has 0 aliphatic heterocycles. The molecule has 0 amide bonds. The molecular formula is C28H24N2O4S2. The molecule has 0 aromatic heterocycles. The van der Waals surface area contributed by atoms with E-state index in [1.807, 2.05) is 48.5 Å². The smallest absolute Gasteiger partial charge is 0.128 e. The summed E-state index contributed by atoms with van der Waals surface area (Å²) in [6.07, 6.45) is 3.27. The van der Waals surface area contributed by atoms with Gasteiger partial charge in [0.05, 0.1) is 25.6 Å². The van der Waals surface area contributed by atoms with Gasteiger partial charge in [0.2, 0.25) is 0 Å². The van der Waals surface area contributed by atoms with Crippen molar-refractivity contribution in [3.63, 3.8) is 0 Å². The van der Waals surface area contributed by atoms with Crippen molar-refractivity contribution in [2.75, 3.05) is 14.2 Å². The normalized spacial score (nSPS) is 11.3. The lowest BCUT2D eigenvalue weighted by Crippen LogP contribution is -1.86. The predicted molar refractivity (Wildman–Crippen MR) is 148 cm³/mol. The second-order valence-electron chi connectivity index (χ2n) is 7.47. The predicted octanol–water partition coefficient (Wildman–Crippen LogP) is 7.42. The molecule has 0 heterocycles. The zero-order valence-corrected chi connectivity index (χ0v) is 21.3. The third-order valence-corrected chi connectivity index (χ3v) is 7.57. The van der Waals surface area contributed by atoms with Crippen LogP contribution in [0.4, 0.5) is 11.4 Å². The Labute approximate surface area is 217 Å². The number of aromatic hydroxyl groups is 2. The second kappa shape index (κ2) is 12.2. The Hall–Kier alpha value is -3.88. The third-order valence-electron chi connectivity index (χ3n) is 5.11. The van der Waals surface area contributed by atoms with E-state index in [0.29, 0.717) is 22.6 Å². The first-order chi connectivity index (χ1) is 17.6. The summed E-state index contributed by atoms with van der Waals surface area (Å²) in [5.41, 5.74) is 2.78. The minimum Gasteiger partial charge on any atom is -0.507 e. The van der Waals surface area contributed by atoms with Crippen molar-refractivity contribution in [2.45, 2.75) is 9.79 Å². The Bertz CT molecular complexity index is 1300. The molecule has 182 valence electrons. The van der Waals surface area contributed by atoms with Crippen LogP contribution in [0.2, 0.25) is 0 Å². The fourth-order valence-electron chi connectivity index (χ4n) is 3.16. The molecule has 0 aliphatic rings. The number of hydrogen-bond acceptors (Lipinski definition) is 8. The fraction of sp³-hybridized carbons (Fsp3) is 0.0714. The number of para-hydroxylation sites is 2. The molecule has 8 heteroatoms. The molecular weight excluding hydrogens is 492 g/mol. The summed E-state index contributed by atoms with van der Waals surface area (Å²) in [6.45, 7) is 0. The number of benzene rings is 4. The van der Waals surface area contributed by atoms with Crippen molar-refractivity contribution in [1.29, 1.82) is 0 Å². The fourth-order valence-corrected chi connectivity index (χ4v) is 5.40. The number of ether oxygens (including phenoxy) is 2. The maximum Gasteiger partial charge on any atom is 0.128 e. The van der Waals surface area contributed by atoms with Crippen LogP contribution in [0.5, 0.6) is 23.0 Å². The maximum absolute atomic E-state index is 10.2. The van der Waals surface area contributed by atoms with Gasteiger partial charge < -0.3 is 19.7 Å². The molecule has 0 saturated heterocycles. The average Bonchev–Trinajstić information content (AvgIpc) is 2.91. The van der Waals surface area contributed by atoms with E-state index in [1.165, 1.54) is 0 Å². The van der Waals surface area contributed by atoms with Gasteiger partial charge in [-0.1, -0.05) is 45.9 Å². The van der Waals surface area contributed by atoms with Gasteiger partial charge in [0.25, 0.3) is 0 Å². The monoisotopic (exact) mass is 516 g/mol. The van der Waals surface area contributed by atoms with Crippen LogP contribution in [0.15, 0.2) is 105 Å². The van der Waals surface area contributed by atoms with Crippen molar-refractivity contribution in [3.05, 3.63) is 96.1 Å². The molecule has 6 nitrogen and oxygen atoms in total. The number of aliphatic imine (C=N–C) groups is 2. The van der Waals surface area contributed by atoms with Crippen LogP contribution in [0, 0.1) is 0 Å². The highest BCUT2D eigenvalue weighted by molar-refractivity contribution is 8.76. The molecule has 0 saturated carbocycles. The van der Waals surface area contributed by atoms with E-state index in [0.717, 1.165) is 21.2 Å². The van der Waals surface area contributed by atoms with Gasteiger partial charge in [-0.25, -0.2) is 0 Å². The van der Waals surface area contributed by atoms with Gasteiger partial charge in [-0.3, -0.25) is 9.98 Å². The van der Waals surface area contributed by atoms with Crippen LogP contribution < -0.4 is 9.47 Å². The van der Waals surface area contributed by atoms with Crippen molar-refractivity contribution in [1.82, 2.24) is 0 Å². The van der Waals surface area contributed by atoms with Crippen LogP contribution >= 0.6 is 21.6 Å². The second-order valence-corrected chi connectivity index (χ2v) is 9.68. The van der Waals surface area contributed by atoms with Gasteiger partial charge in [-0.05, 0) is 48.5 Å². The lowest BCUT2D eigenvalue weighted by atomic mass is 10.2. The molecule has 0 unspecified atom stereocenters. The number of phenolic OH excluding ortho intramolecular Hbond substituents is 2. The molecule has 4 rings (SSSR count). The first-order valence-electron chi connectivity index (χ1n) is 10.9. The molecule has 0 bridgehead atoms. The van der Waals surface area contributed by atoms with Gasteiger partial charge in [0.1, 0.15) is 23.0 Å². The summed E-state index contributed by atoms with van der Waals surface area (Å²) in [4.78, 5) is 11.1. The highest BCUT2D eigenvalue weighted by Crippen LogP contribution is 2.45. The van der Waals surface area contributed by atoms with E-state index >= 15 is 0 Å². The Balaban J connectivity index is 1.50. The number of hydrogen-bond donors (Lipinski definition) is 2. The minimum atomic E-state index is 0.104. The molecule has 0 fully saturated rings. The minimum absolute atomic E-state index is 0.104. The van der Waals surface area contributed by atoms with Crippen molar-refractivity contribution in [3.8, 4) is 23.0 Å². The SMILES string of the molecule is COc1ccc(C=Nc2ccccc2SSc2ccccc2N=Cc2ccc(OC)cc2O)c(O)c1. The van der Waals surface area contributed by atoms with Crippen LogP contribution in [0.1, 0.15) is 11.1 Å². The Morgan fingerprint density at radius 3 is 1.42 bits per heavy atom. The van der Waals surface area contributed by atoms with Crippen molar-refractivity contribution >= 4 is 45.4 Å². The molecule has 0 spiro atoms. The summed E-state index contributed by atoms with van der Waals surface area (Å²) in [5.74, 6) is 1.38. The number of rotatable bonds is 9. The molecule has 36 heavy (non-hydrogen) atoms. The molecule has 4 aromatic carbocycles. The zero-order chi connectivity index (χ0) is 25.3. The third kappa shape index (κ3) is 6.41. The van der Waals surface area contributed by atoms with Gasteiger partial charge in [-0.15, -0.1) is 0 Å². The van der Waals surface area contributed by atoms with E-state index in [1.54, 1.807) is 84.6 Å². The Kier molecular flexibility index (Phi) is 8.54.